The zero-order chi connectivity index (χ0) is 22.4. The minimum atomic E-state index is -0.437. The number of ether oxygens (including phenoxy) is 3. The van der Waals surface area contributed by atoms with E-state index in [1.165, 1.54) is 0 Å². The molecule has 0 bridgehead atoms. The van der Waals surface area contributed by atoms with E-state index in [2.05, 4.69) is 16.9 Å². The van der Waals surface area contributed by atoms with Crippen LogP contribution in [0.25, 0.3) is 22.4 Å². The van der Waals surface area contributed by atoms with E-state index in [9.17, 15) is 9.59 Å². The van der Waals surface area contributed by atoms with Crippen LogP contribution in [0.2, 0.25) is 0 Å². The van der Waals surface area contributed by atoms with Gasteiger partial charge in [-0.3, -0.25) is 4.79 Å². The lowest BCUT2D eigenvalue weighted by Crippen LogP contribution is -2.10. The number of methoxy groups -OCH3 is 1. The predicted molar refractivity (Wildman–Crippen MR) is 123 cm³/mol. The molecule has 0 spiro atoms. The third-order valence-electron chi connectivity index (χ3n) is 4.66. The summed E-state index contributed by atoms with van der Waals surface area (Å²) < 4.78 is 16.3. The van der Waals surface area contributed by atoms with Crippen LogP contribution in [0.1, 0.15) is 53.3 Å². The number of nitrogens with one attached hydrogen (secondary N) is 1. The molecule has 0 aliphatic rings. The first-order valence-electron chi connectivity index (χ1n) is 10.2. The molecule has 7 nitrogen and oxygen atoms in total. The number of rotatable bonds is 9. The first kappa shape index (κ1) is 22.6. The number of hydrogen-bond donors (Lipinski definition) is 1. The minimum absolute atomic E-state index is 0.274. The molecule has 31 heavy (non-hydrogen) atoms. The fraction of sp³-hybridized carbons (Fsp3) is 0.348. The maximum Gasteiger partial charge on any atom is 0.348 e. The van der Waals surface area contributed by atoms with Crippen LogP contribution in [-0.2, 0) is 4.74 Å². The van der Waals surface area contributed by atoms with Gasteiger partial charge in [0.05, 0.1) is 25.7 Å². The Morgan fingerprint density at radius 2 is 2.03 bits per heavy atom. The number of esters is 1. The average Bonchev–Trinajstić information content (AvgIpc) is 3.10. The highest BCUT2D eigenvalue weighted by Gasteiger charge is 2.19. The molecule has 0 aliphatic carbocycles. The third-order valence-corrected chi connectivity index (χ3v) is 5.82. The lowest BCUT2D eigenvalue weighted by Gasteiger charge is -2.10. The quantitative estimate of drug-likeness (QED) is 0.377. The van der Waals surface area contributed by atoms with Gasteiger partial charge < -0.3 is 19.2 Å². The number of H-pyrrole nitrogens is 1. The molecule has 0 atom stereocenters. The molecule has 2 aromatic heterocycles. The molecular weight excluding hydrogens is 416 g/mol. The number of hydrogen-bond acceptors (Lipinski definition) is 7. The van der Waals surface area contributed by atoms with Gasteiger partial charge in [0.25, 0.3) is 5.56 Å². The predicted octanol–water partition coefficient (Wildman–Crippen LogP) is 4.83. The number of carbonyl (C=O) groups is 1. The van der Waals surface area contributed by atoms with Crippen LogP contribution in [0.15, 0.2) is 23.0 Å². The SMILES string of the molecule is CCCCOc1ccc(/C=C/c2nc3sc(C(=O)OCC)c(C)c3c(=O)[nH]2)cc1OC. The van der Waals surface area contributed by atoms with Gasteiger partial charge >= 0.3 is 5.97 Å². The maximum absolute atomic E-state index is 12.6. The van der Waals surface area contributed by atoms with E-state index in [1.807, 2.05) is 24.3 Å². The topological polar surface area (TPSA) is 90.5 Å². The Balaban J connectivity index is 1.87. The zero-order valence-corrected chi connectivity index (χ0v) is 18.9. The molecule has 0 radical (unpaired) electrons. The van der Waals surface area contributed by atoms with E-state index >= 15 is 0 Å². The van der Waals surface area contributed by atoms with Gasteiger partial charge in [0.1, 0.15) is 15.5 Å². The van der Waals surface area contributed by atoms with Gasteiger partial charge in [-0.25, -0.2) is 9.78 Å². The lowest BCUT2D eigenvalue weighted by molar-refractivity contribution is 0.0531. The average molecular weight is 443 g/mol. The van der Waals surface area contributed by atoms with Crippen molar-refractivity contribution in [2.24, 2.45) is 0 Å². The number of aromatic amines is 1. The van der Waals surface area contributed by atoms with Crippen molar-refractivity contribution in [2.75, 3.05) is 20.3 Å². The van der Waals surface area contributed by atoms with E-state index in [1.54, 1.807) is 27.0 Å². The fourth-order valence-corrected chi connectivity index (χ4v) is 4.12. The highest BCUT2D eigenvalue weighted by molar-refractivity contribution is 7.20. The number of aryl methyl sites for hydroxylation is 1. The highest BCUT2D eigenvalue weighted by Crippen LogP contribution is 2.30. The number of aromatic nitrogens is 2. The molecule has 0 saturated carbocycles. The summed E-state index contributed by atoms with van der Waals surface area (Å²) in [4.78, 5) is 32.9. The summed E-state index contributed by atoms with van der Waals surface area (Å²) in [6.45, 7) is 6.50. The van der Waals surface area contributed by atoms with Crippen molar-refractivity contribution < 1.29 is 19.0 Å². The number of fused-ring (bicyclic) bond motifs is 1. The summed E-state index contributed by atoms with van der Waals surface area (Å²) in [7, 11) is 1.60. The van der Waals surface area contributed by atoms with Gasteiger partial charge in [-0.15, -0.1) is 11.3 Å². The van der Waals surface area contributed by atoms with Crippen molar-refractivity contribution in [3.05, 3.63) is 50.4 Å². The summed E-state index contributed by atoms with van der Waals surface area (Å²) in [6.07, 6.45) is 5.58. The Bertz CT molecular complexity index is 1160. The van der Waals surface area contributed by atoms with E-state index in [0.717, 1.165) is 29.7 Å². The van der Waals surface area contributed by atoms with Gasteiger partial charge in [-0.05, 0) is 49.6 Å². The molecule has 1 N–H and O–H groups in total. The van der Waals surface area contributed by atoms with Gasteiger partial charge in [0, 0.05) is 0 Å². The maximum atomic E-state index is 12.6. The summed E-state index contributed by atoms with van der Waals surface area (Å²) >= 11 is 1.16. The molecule has 0 unspecified atom stereocenters. The normalized spacial score (nSPS) is 11.2. The van der Waals surface area contributed by atoms with Gasteiger partial charge in [0.2, 0.25) is 0 Å². The van der Waals surface area contributed by atoms with Crippen molar-refractivity contribution >= 4 is 39.7 Å². The van der Waals surface area contributed by atoms with Crippen molar-refractivity contribution in [2.45, 2.75) is 33.6 Å². The monoisotopic (exact) mass is 442 g/mol. The van der Waals surface area contributed by atoms with Crippen LogP contribution >= 0.6 is 11.3 Å². The number of carbonyl (C=O) groups excluding carboxylic acids is 1. The molecule has 3 aromatic rings. The molecule has 164 valence electrons. The molecule has 3 rings (SSSR count). The van der Waals surface area contributed by atoms with E-state index in [4.69, 9.17) is 14.2 Å². The number of thiophene rings is 1. The molecule has 2 heterocycles. The Labute approximate surface area is 184 Å². The Hall–Kier alpha value is -3.13. The van der Waals surface area contributed by atoms with E-state index < -0.39 is 5.97 Å². The second kappa shape index (κ2) is 10.3. The standard InChI is InChI=1S/C23H26N2O5S/c1-5-7-12-30-16-10-8-15(13-17(16)28-4)9-11-18-24-21(26)19-14(3)20(23(27)29-6-2)31-22(19)25-18/h8-11,13H,5-7,12H2,1-4H3,(H,24,25,26)/b11-9+. The molecule has 1 aromatic carbocycles. The lowest BCUT2D eigenvalue weighted by atomic mass is 10.2. The van der Waals surface area contributed by atoms with Gasteiger partial charge in [0.15, 0.2) is 11.5 Å². The summed E-state index contributed by atoms with van der Waals surface area (Å²) in [6, 6.07) is 5.63. The van der Waals surface area contributed by atoms with Crippen LogP contribution in [0, 0.1) is 6.92 Å². The summed E-state index contributed by atoms with van der Waals surface area (Å²) in [5.41, 5.74) is 1.18. The fourth-order valence-electron chi connectivity index (χ4n) is 3.04. The van der Waals surface area contributed by atoms with Crippen molar-refractivity contribution in [3.63, 3.8) is 0 Å². The van der Waals surface area contributed by atoms with Gasteiger partial charge in [-0.2, -0.15) is 0 Å². The Morgan fingerprint density at radius 1 is 1.23 bits per heavy atom. The number of benzene rings is 1. The third kappa shape index (κ3) is 5.14. The first-order chi connectivity index (χ1) is 15.0. The zero-order valence-electron chi connectivity index (χ0n) is 18.1. The number of nitrogens with zero attached hydrogens (tertiary/aromatic N) is 1. The van der Waals surface area contributed by atoms with Crippen molar-refractivity contribution in [1.82, 2.24) is 9.97 Å². The van der Waals surface area contributed by atoms with Crippen LogP contribution in [0.4, 0.5) is 0 Å². The summed E-state index contributed by atoms with van der Waals surface area (Å²) in [5.74, 6) is 1.30. The molecular formula is C23H26N2O5S. The molecule has 0 fully saturated rings. The van der Waals surface area contributed by atoms with Crippen LogP contribution < -0.4 is 15.0 Å². The highest BCUT2D eigenvalue weighted by atomic mass is 32.1. The van der Waals surface area contributed by atoms with E-state index in [-0.39, 0.29) is 12.2 Å². The second-order valence-electron chi connectivity index (χ2n) is 6.85. The van der Waals surface area contributed by atoms with E-state index in [0.29, 0.717) is 44.6 Å². The van der Waals surface area contributed by atoms with Crippen LogP contribution in [0.5, 0.6) is 11.5 Å². The largest absolute Gasteiger partial charge is 0.493 e. The summed E-state index contributed by atoms with van der Waals surface area (Å²) in [5, 5.41) is 0.417. The molecule has 0 saturated heterocycles. The molecule has 0 amide bonds. The molecule has 0 aliphatic heterocycles. The van der Waals surface area contributed by atoms with Crippen molar-refractivity contribution in [3.8, 4) is 11.5 Å². The number of unbranched alkanes of at least 4 members (excludes halogenated alkanes) is 1. The second-order valence-corrected chi connectivity index (χ2v) is 7.85. The Morgan fingerprint density at radius 3 is 2.74 bits per heavy atom. The smallest absolute Gasteiger partial charge is 0.348 e. The Kier molecular flexibility index (Phi) is 7.46. The van der Waals surface area contributed by atoms with Crippen LogP contribution in [-0.4, -0.2) is 36.3 Å². The molecule has 8 heteroatoms. The first-order valence-corrected chi connectivity index (χ1v) is 11.0. The minimum Gasteiger partial charge on any atom is -0.493 e. The van der Waals surface area contributed by atoms with Crippen molar-refractivity contribution in [1.29, 1.82) is 0 Å². The van der Waals surface area contributed by atoms with Crippen LogP contribution in [0.3, 0.4) is 0 Å². The van der Waals surface area contributed by atoms with Gasteiger partial charge in [-0.1, -0.05) is 25.5 Å².